The number of aromatic nitrogens is 1. The van der Waals surface area contributed by atoms with Crippen LogP contribution in [0.4, 0.5) is 13.2 Å². The molecule has 0 aliphatic carbocycles. The Morgan fingerprint density at radius 1 is 1.22 bits per heavy atom. The standard InChI is InChI=1S/C16H16F3NO3/c1-2-3-4-7-20-13-9-11(16(17,18)19)6-5-10(13)8-12(14(20)21)15(22)23/h5-6,8-9H,2-4,7H2,1H3,(H,22,23). The molecule has 0 atom stereocenters. The van der Waals surface area contributed by atoms with E-state index in [0.29, 0.717) is 11.8 Å². The van der Waals surface area contributed by atoms with E-state index in [1.54, 1.807) is 0 Å². The SMILES string of the molecule is CCCCCn1c(=O)c(C(=O)O)cc2ccc(C(F)(F)F)cc21. The highest BCUT2D eigenvalue weighted by molar-refractivity contribution is 5.92. The Morgan fingerprint density at radius 2 is 1.91 bits per heavy atom. The molecule has 1 aromatic carbocycles. The van der Waals surface area contributed by atoms with Crippen molar-refractivity contribution in [2.75, 3.05) is 0 Å². The lowest BCUT2D eigenvalue weighted by molar-refractivity contribution is -0.137. The number of carboxylic acids is 1. The predicted molar refractivity (Wildman–Crippen MR) is 79.7 cm³/mol. The summed E-state index contributed by atoms with van der Waals surface area (Å²) in [6.45, 7) is 2.14. The van der Waals surface area contributed by atoms with Gasteiger partial charge >= 0.3 is 12.1 Å². The number of pyridine rings is 1. The Balaban J connectivity index is 2.70. The molecular formula is C16H16F3NO3. The molecule has 23 heavy (non-hydrogen) atoms. The summed E-state index contributed by atoms with van der Waals surface area (Å²) in [4.78, 5) is 23.5. The Kier molecular flexibility index (Phi) is 4.77. The fourth-order valence-corrected chi connectivity index (χ4v) is 2.44. The lowest BCUT2D eigenvalue weighted by atomic mass is 10.1. The zero-order chi connectivity index (χ0) is 17.2. The molecule has 1 aromatic heterocycles. The van der Waals surface area contributed by atoms with Crippen LogP contribution in [0.15, 0.2) is 29.1 Å². The molecule has 0 aliphatic rings. The van der Waals surface area contributed by atoms with Crippen molar-refractivity contribution < 1.29 is 23.1 Å². The van der Waals surface area contributed by atoms with Crippen LogP contribution in [0.3, 0.4) is 0 Å². The van der Waals surface area contributed by atoms with Crippen LogP contribution >= 0.6 is 0 Å². The van der Waals surface area contributed by atoms with Gasteiger partial charge in [-0.15, -0.1) is 0 Å². The van der Waals surface area contributed by atoms with E-state index >= 15 is 0 Å². The topological polar surface area (TPSA) is 59.3 Å². The average Bonchev–Trinajstić information content (AvgIpc) is 2.47. The van der Waals surface area contributed by atoms with Gasteiger partial charge in [-0.25, -0.2) is 4.79 Å². The second kappa shape index (κ2) is 6.44. The minimum atomic E-state index is -4.52. The number of aryl methyl sites for hydroxylation is 1. The van der Waals surface area contributed by atoms with Gasteiger partial charge in [0.2, 0.25) is 0 Å². The number of benzene rings is 1. The first-order valence-corrected chi connectivity index (χ1v) is 7.23. The largest absolute Gasteiger partial charge is 0.477 e. The number of aromatic carboxylic acids is 1. The quantitative estimate of drug-likeness (QED) is 0.847. The number of carboxylic acid groups (broad SMARTS) is 1. The number of rotatable bonds is 5. The average molecular weight is 327 g/mol. The molecule has 0 unspecified atom stereocenters. The first-order chi connectivity index (χ1) is 10.8. The van der Waals surface area contributed by atoms with E-state index in [0.717, 1.165) is 35.6 Å². The van der Waals surface area contributed by atoms with Crippen LogP contribution < -0.4 is 5.56 Å². The molecule has 124 valence electrons. The molecule has 0 fully saturated rings. The predicted octanol–water partition coefficient (Wildman–Crippen LogP) is 3.91. The first kappa shape index (κ1) is 17.1. The van der Waals surface area contributed by atoms with Crippen LogP contribution in [0.1, 0.15) is 42.1 Å². The van der Waals surface area contributed by atoms with Gasteiger partial charge in [0.1, 0.15) is 5.56 Å². The van der Waals surface area contributed by atoms with Gasteiger partial charge in [-0.2, -0.15) is 13.2 Å². The molecule has 0 amide bonds. The number of nitrogens with zero attached hydrogens (tertiary/aromatic N) is 1. The van der Waals surface area contributed by atoms with Crippen LogP contribution in [0.5, 0.6) is 0 Å². The minimum absolute atomic E-state index is 0.103. The molecule has 1 heterocycles. The summed E-state index contributed by atoms with van der Waals surface area (Å²) in [6.07, 6.45) is -2.27. The molecule has 1 N–H and O–H groups in total. The van der Waals surface area contributed by atoms with Crippen molar-refractivity contribution in [3.8, 4) is 0 Å². The maximum absolute atomic E-state index is 12.9. The van der Waals surface area contributed by atoms with Crippen LogP contribution in [-0.2, 0) is 12.7 Å². The van der Waals surface area contributed by atoms with E-state index in [2.05, 4.69) is 0 Å². The fraction of sp³-hybridized carbons (Fsp3) is 0.375. The van der Waals surface area contributed by atoms with E-state index in [1.807, 2.05) is 6.92 Å². The lowest BCUT2D eigenvalue weighted by Crippen LogP contribution is -2.27. The fourth-order valence-electron chi connectivity index (χ4n) is 2.44. The normalized spacial score (nSPS) is 11.8. The molecule has 0 aliphatic heterocycles. The molecule has 0 bridgehead atoms. The van der Waals surface area contributed by atoms with E-state index in [9.17, 15) is 22.8 Å². The van der Waals surface area contributed by atoms with Gasteiger partial charge in [-0.3, -0.25) is 4.79 Å². The smallest absolute Gasteiger partial charge is 0.416 e. The van der Waals surface area contributed by atoms with Crippen molar-refractivity contribution in [3.63, 3.8) is 0 Å². The van der Waals surface area contributed by atoms with Crippen molar-refractivity contribution in [1.82, 2.24) is 4.57 Å². The van der Waals surface area contributed by atoms with E-state index < -0.39 is 28.8 Å². The third-order valence-electron chi connectivity index (χ3n) is 3.64. The molecule has 2 aromatic rings. The summed E-state index contributed by atoms with van der Waals surface area (Å²) in [7, 11) is 0. The maximum atomic E-state index is 12.9. The molecule has 0 radical (unpaired) electrons. The summed E-state index contributed by atoms with van der Waals surface area (Å²) in [5.41, 5.74) is -1.98. The number of alkyl halides is 3. The number of carbonyl (C=O) groups is 1. The monoisotopic (exact) mass is 327 g/mol. The number of hydrogen-bond donors (Lipinski definition) is 1. The van der Waals surface area contributed by atoms with Crippen molar-refractivity contribution in [2.45, 2.75) is 38.9 Å². The Hall–Kier alpha value is -2.31. The molecule has 2 rings (SSSR count). The van der Waals surface area contributed by atoms with Crippen molar-refractivity contribution in [1.29, 1.82) is 0 Å². The Bertz CT molecular complexity index is 793. The van der Waals surface area contributed by atoms with E-state index in [4.69, 9.17) is 5.11 Å². The second-order valence-corrected chi connectivity index (χ2v) is 5.30. The summed E-state index contributed by atoms with van der Waals surface area (Å²) < 4.78 is 39.8. The minimum Gasteiger partial charge on any atom is -0.477 e. The Morgan fingerprint density at radius 3 is 2.48 bits per heavy atom. The lowest BCUT2D eigenvalue weighted by Gasteiger charge is -2.14. The van der Waals surface area contributed by atoms with Crippen molar-refractivity contribution in [2.24, 2.45) is 0 Å². The van der Waals surface area contributed by atoms with E-state index in [1.165, 1.54) is 6.07 Å². The van der Waals surface area contributed by atoms with Gasteiger partial charge in [-0.05, 0) is 30.0 Å². The van der Waals surface area contributed by atoms with Crippen LogP contribution in [0, 0.1) is 0 Å². The van der Waals surface area contributed by atoms with Gasteiger partial charge < -0.3 is 9.67 Å². The zero-order valence-corrected chi connectivity index (χ0v) is 12.5. The highest BCUT2D eigenvalue weighted by Crippen LogP contribution is 2.31. The van der Waals surface area contributed by atoms with Crippen LogP contribution in [0.2, 0.25) is 0 Å². The van der Waals surface area contributed by atoms with Crippen molar-refractivity contribution in [3.05, 3.63) is 45.7 Å². The summed E-state index contributed by atoms with van der Waals surface area (Å²) in [5.74, 6) is -1.39. The van der Waals surface area contributed by atoms with E-state index in [-0.39, 0.29) is 12.1 Å². The summed E-state index contributed by atoms with van der Waals surface area (Å²) in [6, 6.07) is 4.10. The van der Waals surface area contributed by atoms with Gasteiger partial charge in [-0.1, -0.05) is 25.8 Å². The molecule has 0 saturated carbocycles. The molecule has 0 saturated heterocycles. The number of fused-ring (bicyclic) bond motifs is 1. The van der Waals surface area contributed by atoms with Crippen molar-refractivity contribution >= 4 is 16.9 Å². The number of hydrogen-bond acceptors (Lipinski definition) is 2. The molecule has 0 spiro atoms. The highest BCUT2D eigenvalue weighted by atomic mass is 19.4. The maximum Gasteiger partial charge on any atom is 0.416 e. The first-order valence-electron chi connectivity index (χ1n) is 7.23. The number of halogens is 3. The molecular weight excluding hydrogens is 311 g/mol. The van der Waals surface area contributed by atoms with Gasteiger partial charge in [0.05, 0.1) is 11.1 Å². The summed E-state index contributed by atoms with van der Waals surface area (Å²) >= 11 is 0. The highest BCUT2D eigenvalue weighted by Gasteiger charge is 2.31. The third kappa shape index (κ3) is 3.55. The summed E-state index contributed by atoms with van der Waals surface area (Å²) in [5, 5.41) is 9.41. The Labute approximate surface area is 130 Å². The van der Waals surface area contributed by atoms with Gasteiger partial charge in [0, 0.05) is 6.54 Å². The molecule has 4 nitrogen and oxygen atoms in total. The number of unbranched alkanes of at least 4 members (excludes halogenated alkanes) is 2. The molecule has 7 heteroatoms. The third-order valence-corrected chi connectivity index (χ3v) is 3.64. The zero-order valence-electron chi connectivity index (χ0n) is 12.5. The second-order valence-electron chi connectivity index (χ2n) is 5.30. The van der Waals surface area contributed by atoms with Crippen LogP contribution in [-0.4, -0.2) is 15.6 Å². The van der Waals surface area contributed by atoms with Gasteiger partial charge in [0.25, 0.3) is 5.56 Å². The van der Waals surface area contributed by atoms with Crippen LogP contribution in [0.25, 0.3) is 10.9 Å². The van der Waals surface area contributed by atoms with Gasteiger partial charge in [0.15, 0.2) is 0 Å².